The fourth-order valence-corrected chi connectivity index (χ4v) is 1.69. The molecule has 92 valence electrons. The molecule has 0 saturated carbocycles. The maximum absolute atomic E-state index is 5.34. The molecule has 0 atom stereocenters. The Hall–Kier alpha value is -0.730. The standard InChI is InChI=1S/C13H21NO.ClH/c1-11-7-8-13(15-4)12(10-11)6-5-9-14(2)3;/h7-8,10H,5-6,9H2,1-4H3;1H. The summed E-state index contributed by atoms with van der Waals surface area (Å²) in [6.45, 7) is 3.24. The first-order valence-electron chi connectivity index (χ1n) is 5.41. The molecule has 0 unspecified atom stereocenters. The molecule has 0 aliphatic heterocycles. The molecule has 0 amide bonds. The van der Waals surface area contributed by atoms with Crippen LogP contribution in [0.5, 0.6) is 5.75 Å². The Morgan fingerprint density at radius 2 is 1.94 bits per heavy atom. The van der Waals surface area contributed by atoms with E-state index in [1.807, 2.05) is 0 Å². The third kappa shape index (κ3) is 4.86. The number of rotatable bonds is 5. The Morgan fingerprint density at radius 3 is 2.50 bits per heavy atom. The minimum Gasteiger partial charge on any atom is -0.496 e. The van der Waals surface area contributed by atoms with Crippen molar-refractivity contribution in [2.75, 3.05) is 27.7 Å². The maximum atomic E-state index is 5.34. The summed E-state index contributed by atoms with van der Waals surface area (Å²) < 4.78 is 5.34. The molecular formula is C13H22ClNO. The Kier molecular flexibility index (Phi) is 7.18. The van der Waals surface area contributed by atoms with Gasteiger partial charge in [-0.2, -0.15) is 0 Å². The molecule has 0 N–H and O–H groups in total. The van der Waals surface area contributed by atoms with Gasteiger partial charge in [0, 0.05) is 0 Å². The van der Waals surface area contributed by atoms with Gasteiger partial charge >= 0.3 is 0 Å². The van der Waals surface area contributed by atoms with E-state index in [4.69, 9.17) is 4.74 Å². The van der Waals surface area contributed by atoms with Crippen molar-refractivity contribution in [2.45, 2.75) is 19.8 Å². The van der Waals surface area contributed by atoms with Gasteiger partial charge in [0.1, 0.15) is 5.75 Å². The van der Waals surface area contributed by atoms with E-state index in [1.54, 1.807) is 7.11 Å². The molecule has 1 aromatic rings. The van der Waals surface area contributed by atoms with E-state index in [-0.39, 0.29) is 12.4 Å². The van der Waals surface area contributed by atoms with Gasteiger partial charge in [0.2, 0.25) is 0 Å². The van der Waals surface area contributed by atoms with Gasteiger partial charge in [0.25, 0.3) is 0 Å². The van der Waals surface area contributed by atoms with Crippen LogP contribution in [0.3, 0.4) is 0 Å². The first kappa shape index (κ1) is 15.3. The molecule has 1 rings (SSSR count). The predicted octanol–water partition coefficient (Wildman–Crippen LogP) is 2.92. The van der Waals surface area contributed by atoms with Gasteiger partial charge in [0.15, 0.2) is 0 Å². The van der Waals surface area contributed by atoms with Crippen LogP contribution in [0.15, 0.2) is 18.2 Å². The van der Waals surface area contributed by atoms with Crippen molar-refractivity contribution in [3.8, 4) is 5.75 Å². The number of nitrogens with zero attached hydrogens (tertiary/aromatic N) is 1. The lowest BCUT2D eigenvalue weighted by Gasteiger charge is -2.12. The van der Waals surface area contributed by atoms with Gasteiger partial charge in [-0.05, 0) is 52.0 Å². The van der Waals surface area contributed by atoms with Crippen molar-refractivity contribution in [1.29, 1.82) is 0 Å². The van der Waals surface area contributed by atoms with Crippen LogP contribution in [0.25, 0.3) is 0 Å². The van der Waals surface area contributed by atoms with Crippen molar-refractivity contribution in [2.24, 2.45) is 0 Å². The van der Waals surface area contributed by atoms with Gasteiger partial charge in [0.05, 0.1) is 7.11 Å². The maximum Gasteiger partial charge on any atom is 0.122 e. The minimum atomic E-state index is 0. The van der Waals surface area contributed by atoms with Crippen LogP contribution in [-0.4, -0.2) is 32.6 Å². The van der Waals surface area contributed by atoms with Crippen molar-refractivity contribution >= 4 is 12.4 Å². The van der Waals surface area contributed by atoms with E-state index in [0.29, 0.717) is 0 Å². The van der Waals surface area contributed by atoms with Crippen LogP contribution in [0.4, 0.5) is 0 Å². The second-order valence-corrected chi connectivity index (χ2v) is 4.22. The molecule has 0 aromatic heterocycles. The zero-order chi connectivity index (χ0) is 11.3. The molecule has 1 aromatic carbocycles. The third-order valence-corrected chi connectivity index (χ3v) is 2.49. The number of hydrogen-bond donors (Lipinski definition) is 0. The van der Waals surface area contributed by atoms with Crippen molar-refractivity contribution < 1.29 is 4.74 Å². The van der Waals surface area contributed by atoms with Crippen LogP contribution in [0.1, 0.15) is 17.5 Å². The quantitative estimate of drug-likeness (QED) is 0.789. The number of methoxy groups -OCH3 is 1. The topological polar surface area (TPSA) is 12.5 Å². The number of aryl methyl sites for hydroxylation is 2. The summed E-state index contributed by atoms with van der Waals surface area (Å²) in [7, 11) is 5.95. The van der Waals surface area contributed by atoms with E-state index in [2.05, 4.69) is 44.1 Å². The summed E-state index contributed by atoms with van der Waals surface area (Å²) in [6, 6.07) is 6.36. The Bertz CT molecular complexity index is 313. The highest BCUT2D eigenvalue weighted by Crippen LogP contribution is 2.20. The number of ether oxygens (including phenoxy) is 1. The zero-order valence-corrected chi connectivity index (χ0v) is 11.4. The fraction of sp³-hybridized carbons (Fsp3) is 0.538. The summed E-state index contributed by atoms with van der Waals surface area (Å²) in [6.07, 6.45) is 2.26. The minimum absolute atomic E-state index is 0. The molecule has 0 aliphatic rings. The third-order valence-electron chi connectivity index (χ3n) is 2.49. The monoisotopic (exact) mass is 243 g/mol. The van der Waals surface area contributed by atoms with Crippen molar-refractivity contribution in [3.05, 3.63) is 29.3 Å². The van der Waals surface area contributed by atoms with Crippen molar-refractivity contribution in [1.82, 2.24) is 4.90 Å². The van der Waals surface area contributed by atoms with E-state index in [1.165, 1.54) is 17.5 Å². The average Bonchev–Trinajstić information content (AvgIpc) is 2.17. The van der Waals surface area contributed by atoms with E-state index >= 15 is 0 Å². The Morgan fingerprint density at radius 1 is 1.25 bits per heavy atom. The summed E-state index contributed by atoms with van der Waals surface area (Å²) in [5.41, 5.74) is 2.62. The molecule has 0 radical (unpaired) electrons. The highest BCUT2D eigenvalue weighted by atomic mass is 35.5. The Labute approximate surface area is 105 Å². The normalized spacial score (nSPS) is 10.1. The van der Waals surface area contributed by atoms with Crippen LogP contribution < -0.4 is 4.74 Å². The smallest absolute Gasteiger partial charge is 0.122 e. The van der Waals surface area contributed by atoms with Crippen LogP contribution in [0, 0.1) is 6.92 Å². The number of benzene rings is 1. The van der Waals surface area contributed by atoms with E-state index in [9.17, 15) is 0 Å². The lowest BCUT2D eigenvalue weighted by molar-refractivity contribution is 0.391. The molecule has 0 heterocycles. The molecule has 0 spiro atoms. The molecule has 0 saturated heterocycles. The highest BCUT2D eigenvalue weighted by molar-refractivity contribution is 5.85. The van der Waals surface area contributed by atoms with Crippen LogP contribution in [-0.2, 0) is 6.42 Å². The second kappa shape index (κ2) is 7.53. The van der Waals surface area contributed by atoms with Gasteiger partial charge < -0.3 is 9.64 Å². The summed E-state index contributed by atoms with van der Waals surface area (Å²) in [5, 5.41) is 0. The van der Waals surface area contributed by atoms with Gasteiger partial charge in [-0.3, -0.25) is 0 Å². The Balaban J connectivity index is 0.00000225. The van der Waals surface area contributed by atoms with E-state index in [0.717, 1.165) is 18.7 Å². The summed E-state index contributed by atoms with van der Waals surface area (Å²) >= 11 is 0. The first-order valence-corrected chi connectivity index (χ1v) is 5.41. The second-order valence-electron chi connectivity index (χ2n) is 4.22. The zero-order valence-electron chi connectivity index (χ0n) is 10.6. The molecular weight excluding hydrogens is 222 g/mol. The molecule has 0 aliphatic carbocycles. The predicted molar refractivity (Wildman–Crippen MR) is 71.9 cm³/mol. The number of hydrogen-bond acceptors (Lipinski definition) is 2. The fourth-order valence-electron chi connectivity index (χ4n) is 1.69. The SMILES string of the molecule is COc1ccc(C)cc1CCCN(C)C.Cl. The number of halogens is 1. The van der Waals surface area contributed by atoms with E-state index < -0.39 is 0 Å². The van der Waals surface area contributed by atoms with Crippen LogP contribution >= 0.6 is 12.4 Å². The first-order chi connectivity index (χ1) is 7.13. The van der Waals surface area contributed by atoms with Gasteiger partial charge in [-0.15, -0.1) is 12.4 Å². The molecule has 0 bridgehead atoms. The lowest BCUT2D eigenvalue weighted by Crippen LogP contribution is -2.13. The summed E-state index contributed by atoms with van der Waals surface area (Å²) in [4.78, 5) is 2.21. The lowest BCUT2D eigenvalue weighted by atomic mass is 10.1. The van der Waals surface area contributed by atoms with Crippen molar-refractivity contribution in [3.63, 3.8) is 0 Å². The molecule has 3 heteroatoms. The van der Waals surface area contributed by atoms with Gasteiger partial charge in [-0.25, -0.2) is 0 Å². The molecule has 2 nitrogen and oxygen atoms in total. The van der Waals surface area contributed by atoms with Gasteiger partial charge in [-0.1, -0.05) is 17.7 Å². The largest absolute Gasteiger partial charge is 0.496 e. The molecule has 16 heavy (non-hydrogen) atoms. The van der Waals surface area contributed by atoms with Crippen LogP contribution in [0.2, 0.25) is 0 Å². The average molecular weight is 244 g/mol. The highest BCUT2D eigenvalue weighted by Gasteiger charge is 2.02. The molecule has 0 fully saturated rings. The summed E-state index contributed by atoms with van der Waals surface area (Å²) in [5.74, 6) is 1.01.